The summed E-state index contributed by atoms with van der Waals surface area (Å²) in [7, 11) is -3.57. The number of pyridine rings is 1. The highest BCUT2D eigenvalue weighted by Crippen LogP contribution is 2.29. The molecule has 0 radical (unpaired) electrons. The molecule has 0 aliphatic carbocycles. The highest BCUT2D eigenvalue weighted by atomic mass is 35.5. The largest absolute Gasteiger partial charge is 0.311 e. The number of hydrogen-bond acceptors (Lipinski definition) is 4. The minimum atomic E-state index is -3.57. The van der Waals surface area contributed by atoms with Crippen molar-refractivity contribution in [2.24, 2.45) is 0 Å². The van der Waals surface area contributed by atoms with E-state index in [0.29, 0.717) is 23.1 Å². The van der Waals surface area contributed by atoms with Gasteiger partial charge in [0.25, 0.3) is 0 Å². The first-order valence-corrected chi connectivity index (χ1v) is 10.1. The predicted molar refractivity (Wildman–Crippen MR) is 100 cm³/mol. The zero-order valence-corrected chi connectivity index (χ0v) is 16.1. The summed E-state index contributed by atoms with van der Waals surface area (Å²) in [6.45, 7) is 6.87. The van der Waals surface area contributed by atoms with Crippen LogP contribution in [-0.4, -0.2) is 42.9 Å². The standard InChI is InChI=1S/C18H22ClN3O2S/c1-12-4-5-15(16-6-7-20-18(19)9-16)8-17(12)25(23,24)22-11-13(2)21-10-14(22)3/h4-9,13-14,21H,10-11H2,1-3H3. The normalized spacial score (nSPS) is 22.1. The van der Waals surface area contributed by atoms with Crippen LogP contribution in [0.5, 0.6) is 0 Å². The number of halogens is 1. The summed E-state index contributed by atoms with van der Waals surface area (Å²) in [4.78, 5) is 4.32. The van der Waals surface area contributed by atoms with Gasteiger partial charge in [-0.25, -0.2) is 13.4 Å². The summed E-state index contributed by atoms with van der Waals surface area (Å²) in [5.41, 5.74) is 2.39. The second kappa shape index (κ2) is 7.03. The molecule has 0 spiro atoms. The Morgan fingerprint density at radius 1 is 1.20 bits per heavy atom. The Bertz CT molecular complexity index is 886. The van der Waals surface area contributed by atoms with E-state index in [1.165, 1.54) is 0 Å². The van der Waals surface area contributed by atoms with Gasteiger partial charge in [-0.2, -0.15) is 4.31 Å². The molecule has 25 heavy (non-hydrogen) atoms. The van der Waals surface area contributed by atoms with E-state index in [-0.39, 0.29) is 12.1 Å². The predicted octanol–water partition coefficient (Wildman–Crippen LogP) is 3.08. The van der Waals surface area contributed by atoms with Gasteiger partial charge in [0, 0.05) is 31.4 Å². The average Bonchev–Trinajstić information content (AvgIpc) is 2.57. The van der Waals surface area contributed by atoms with E-state index in [1.807, 2.05) is 39.0 Å². The van der Waals surface area contributed by atoms with E-state index >= 15 is 0 Å². The van der Waals surface area contributed by atoms with Crippen molar-refractivity contribution in [3.8, 4) is 11.1 Å². The fourth-order valence-corrected chi connectivity index (χ4v) is 5.23. The summed E-state index contributed by atoms with van der Waals surface area (Å²) in [5, 5.41) is 3.70. The van der Waals surface area contributed by atoms with Crippen LogP contribution in [0.4, 0.5) is 0 Å². The molecule has 1 N–H and O–H groups in total. The molecule has 1 aromatic heterocycles. The van der Waals surface area contributed by atoms with Crippen LogP contribution in [0.1, 0.15) is 19.4 Å². The molecule has 1 saturated heterocycles. The Hall–Kier alpha value is -1.47. The van der Waals surface area contributed by atoms with Gasteiger partial charge < -0.3 is 5.32 Å². The molecule has 2 unspecified atom stereocenters. The zero-order chi connectivity index (χ0) is 18.2. The molecular formula is C18H22ClN3O2S. The molecule has 2 heterocycles. The minimum Gasteiger partial charge on any atom is -0.311 e. The Kier molecular flexibility index (Phi) is 5.16. The fraction of sp³-hybridized carbons (Fsp3) is 0.389. The lowest BCUT2D eigenvalue weighted by atomic mass is 10.1. The van der Waals surface area contributed by atoms with Gasteiger partial charge in [0.1, 0.15) is 5.15 Å². The molecule has 2 aromatic rings. The maximum Gasteiger partial charge on any atom is 0.243 e. The van der Waals surface area contributed by atoms with Crippen molar-refractivity contribution in [3.05, 3.63) is 47.2 Å². The number of sulfonamides is 1. The number of rotatable bonds is 3. The van der Waals surface area contributed by atoms with Gasteiger partial charge in [0.05, 0.1) is 4.90 Å². The summed E-state index contributed by atoms with van der Waals surface area (Å²) >= 11 is 5.97. The molecule has 0 bridgehead atoms. The van der Waals surface area contributed by atoms with Gasteiger partial charge in [-0.15, -0.1) is 0 Å². The summed E-state index contributed by atoms with van der Waals surface area (Å²) in [5.74, 6) is 0. The molecule has 1 aromatic carbocycles. The third-order valence-electron chi connectivity index (χ3n) is 4.54. The molecule has 134 valence electrons. The fourth-order valence-electron chi connectivity index (χ4n) is 3.09. The average molecular weight is 380 g/mol. The Morgan fingerprint density at radius 2 is 1.92 bits per heavy atom. The van der Waals surface area contributed by atoms with E-state index in [0.717, 1.165) is 16.7 Å². The molecule has 1 aliphatic rings. The lowest BCUT2D eigenvalue weighted by molar-refractivity contribution is 0.244. The lowest BCUT2D eigenvalue weighted by Gasteiger charge is -2.36. The summed E-state index contributed by atoms with van der Waals surface area (Å²) < 4.78 is 28.1. The van der Waals surface area contributed by atoms with Gasteiger partial charge in [-0.05, 0) is 55.7 Å². The first kappa shape index (κ1) is 18.3. The topological polar surface area (TPSA) is 62.3 Å². The number of aromatic nitrogens is 1. The number of nitrogens with one attached hydrogen (secondary N) is 1. The van der Waals surface area contributed by atoms with Crippen molar-refractivity contribution in [1.29, 1.82) is 0 Å². The molecule has 0 amide bonds. The van der Waals surface area contributed by atoms with E-state index in [1.54, 1.807) is 22.6 Å². The number of nitrogens with zero attached hydrogens (tertiary/aromatic N) is 2. The molecular weight excluding hydrogens is 358 g/mol. The smallest absolute Gasteiger partial charge is 0.243 e. The highest BCUT2D eigenvalue weighted by molar-refractivity contribution is 7.89. The Morgan fingerprint density at radius 3 is 2.64 bits per heavy atom. The maximum absolute atomic E-state index is 13.3. The van der Waals surface area contributed by atoms with Crippen LogP contribution in [0.25, 0.3) is 11.1 Å². The molecule has 7 heteroatoms. The quantitative estimate of drug-likeness (QED) is 0.832. The third kappa shape index (κ3) is 3.72. The van der Waals surface area contributed by atoms with E-state index in [9.17, 15) is 8.42 Å². The molecule has 0 saturated carbocycles. The summed E-state index contributed by atoms with van der Waals surface area (Å²) in [6, 6.07) is 9.08. The van der Waals surface area contributed by atoms with Crippen LogP contribution in [0.2, 0.25) is 5.15 Å². The van der Waals surface area contributed by atoms with Crippen LogP contribution in [-0.2, 0) is 10.0 Å². The highest BCUT2D eigenvalue weighted by Gasteiger charge is 2.34. The monoisotopic (exact) mass is 379 g/mol. The minimum absolute atomic E-state index is 0.0837. The van der Waals surface area contributed by atoms with Crippen molar-refractivity contribution in [2.75, 3.05) is 13.1 Å². The van der Waals surface area contributed by atoms with Gasteiger partial charge in [0.2, 0.25) is 10.0 Å². The lowest BCUT2D eigenvalue weighted by Crippen LogP contribution is -2.56. The van der Waals surface area contributed by atoms with E-state index < -0.39 is 10.0 Å². The maximum atomic E-state index is 13.3. The van der Waals surface area contributed by atoms with Gasteiger partial charge >= 0.3 is 0 Å². The third-order valence-corrected chi connectivity index (χ3v) is 6.87. The Labute approximate surface area is 154 Å². The molecule has 5 nitrogen and oxygen atoms in total. The number of hydrogen-bond donors (Lipinski definition) is 1. The second-order valence-corrected chi connectivity index (χ2v) is 8.83. The van der Waals surface area contributed by atoms with Crippen molar-refractivity contribution in [2.45, 2.75) is 37.8 Å². The number of piperazine rings is 1. The number of benzene rings is 1. The van der Waals surface area contributed by atoms with Crippen molar-refractivity contribution >= 4 is 21.6 Å². The molecule has 1 aliphatic heterocycles. The summed E-state index contributed by atoms with van der Waals surface area (Å²) in [6.07, 6.45) is 1.62. The van der Waals surface area contributed by atoms with Gasteiger partial charge in [-0.1, -0.05) is 23.7 Å². The van der Waals surface area contributed by atoms with E-state index in [4.69, 9.17) is 11.6 Å². The number of aryl methyl sites for hydroxylation is 1. The zero-order valence-electron chi connectivity index (χ0n) is 14.5. The van der Waals surface area contributed by atoms with Crippen LogP contribution < -0.4 is 5.32 Å². The van der Waals surface area contributed by atoms with E-state index in [2.05, 4.69) is 10.3 Å². The first-order chi connectivity index (χ1) is 11.8. The molecule has 1 fully saturated rings. The van der Waals surface area contributed by atoms with Crippen LogP contribution in [0, 0.1) is 6.92 Å². The molecule has 2 atom stereocenters. The van der Waals surface area contributed by atoms with Gasteiger partial charge in [0.15, 0.2) is 0 Å². The van der Waals surface area contributed by atoms with Crippen molar-refractivity contribution in [1.82, 2.24) is 14.6 Å². The van der Waals surface area contributed by atoms with Crippen LogP contribution in [0.3, 0.4) is 0 Å². The Balaban J connectivity index is 2.05. The first-order valence-electron chi connectivity index (χ1n) is 8.27. The van der Waals surface area contributed by atoms with Crippen molar-refractivity contribution in [3.63, 3.8) is 0 Å². The van der Waals surface area contributed by atoms with Crippen molar-refractivity contribution < 1.29 is 8.42 Å². The van der Waals surface area contributed by atoms with Gasteiger partial charge in [-0.3, -0.25) is 0 Å². The second-order valence-electron chi connectivity index (χ2n) is 6.58. The molecule has 3 rings (SSSR count). The SMILES string of the molecule is Cc1ccc(-c2ccnc(Cl)c2)cc1S(=O)(=O)N1CC(C)NCC1C. The van der Waals surface area contributed by atoms with Crippen LogP contribution in [0.15, 0.2) is 41.4 Å². The van der Waals surface area contributed by atoms with Crippen LogP contribution >= 0.6 is 11.6 Å².